The molecule has 1 aliphatic heterocycles. The SMILES string of the molecule is C[C@@H]1CCC[C@H](C)N1S(=O)(=O)c1ccc(NC(=O)c2cc(F)c(F)cc2Cl)cc1. The Morgan fingerprint density at radius 2 is 1.62 bits per heavy atom. The van der Waals surface area contributed by atoms with Gasteiger partial charge in [0.05, 0.1) is 15.5 Å². The van der Waals surface area contributed by atoms with Crippen LogP contribution in [0, 0.1) is 11.6 Å². The van der Waals surface area contributed by atoms with Crippen LogP contribution in [0.15, 0.2) is 41.3 Å². The number of carbonyl (C=O) groups excluding carboxylic acids is 1. The second kappa shape index (κ2) is 8.38. The molecule has 0 aromatic heterocycles. The summed E-state index contributed by atoms with van der Waals surface area (Å²) in [5, 5.41) is 2.27. The van der Waals surface area contributed by atoms with Gasteiger partial charge in [0.1, 0.15) is 0 Å². The van der Waals surface area contributed by atoms with Crippen molar-refractivity contribution in [2.45, 2.75) is 50.1 Å². The van der Waals surface area contributed by atoms with Crippen LogP contribution in [0.2, 0.25) is 5.02 Å². The van der Waals surface area contributed by atoms with Gasteiger partial charge in [-0.15, -0.1) is 0 Å². The zero-order chi connectivity index (χ0) is 21.3. The maximum absolute atomic E-state index is 13.4. The Morgan fingerprint density at radius 3 is 2.21 bits per heavy atom. The van der Waals surface area contributed by atoms with E-state index in [2.05, 4.69) is 5.32 Å². The predicted molar refractivity (Wildman–Crippen MR) is 108 cm³/mol. The number of carbonyl (C=O) groups is 1. The van der Waals surface area contributed by atoms with Crippen LogP contribution in [0.4, 0.5) is 14.5 Å². The van der Waals surface area contributed by atoms with Crippen LogP contribution in [0.3, 0.4) is 0 Å². The standard InChI is InChI=1S/C20H21ClF2N2O3S/c1-12-4-3-5-13(2)25(12)29(27,28)15-8-6-14(7-9-15)24-20(26)16-10-18(22)19(23)11-17(16)21/h6-13H,3-5H2,1-2H3,(H,24,26)/t12-,13+. The molecule has 1 N–H and O–H groups in total. The zero-order valence-corrected chi connectivity index (χ0v) is 17.5. The first-order valence-corrected chi connectivity index (χ1v) is 11.0. The molecule has 0 saturated carbocycles. The maximum Gasteiger partial charge on any atom is 0.257 e. The number of nitrogens with zero attached hydrogens (tertiary/aromatic N) is 1. The Morgan fingerprint density at radius 1 is 1.07 bits per heavy atom. The van der Waals surface area contributed by atoms with E-state index in [9.17, 15) is 22.0 Å². The van der Waals surface area contributed by atoms with E-state index in [1.165, 1.54) is 28.6 Å². The highest BCUT2D eigenvalue weighted by Crippen LogP contribution is 2.30. The number of halogens is 3. The van der Waals surface area contributed by atoms with Crippen molar-refractivity contribution in [1.29, 1.82) is 0 Å². The molecule has 29 heavy (non-hydrogen) atoms. The quantitative estimate of drug-likeness (QED) is 0.690. The first kappa shape index (κ1) is 21.7. The third kappa shape index (κ3) is 4.44. The van der Waals surface area contributed by atoms with Crippen LogP contribution < -0.4 is 5.32 Å². The molecule has 1 heterocycles. The van der Waals surface area contributed by atoms with Crippen LogP contribution in [-0.4, -0.2) is 30.7 Å². The van der Waals surface area contributed by atoms with Crippen molar-refractivity contribution in [2.75, 3.05) is 5.32 Å². The van der Waals surface area contributed by atoms with Crippen LogP contribution in [0.25, 0.3) is 0 Å². The highest BCUT2D eigenvalue weighted by atomic mass is 35.5. The van der Waals surface area contributed by atoms with Gasteiger partial charge in [0, 0.05) is 17.8 Å². The molecular formula is C20H21ClF2N2O3S. The summed E-state index contributed by atoms with van der Waals surface area (Å²) in [5.74, 6) is -3.07. The van der Waals surface area contributed by atoms with E-state index in [1.807, 2.05) is 13.8 Å². The third-order valence-corrected chi connectivity index (χ3v) is 7.51. The van der Waals surface area contributed by atoms with Gasteiger partial charge in [0.15, 0.2) is 11.6 Å². The van der Waals surface area contributed by atoms with Gasteiger partial charge in [-0.1, -0.05) is 18.0 Å². The molecule has 9 heteroatoms. The molecule has 1 amide bonds. The summed E-state index contributed by atoms with van der Waals surface area (Å²) in [5.41, 5.74) is 0.0766. The van der Waals surface area contributed by atoms with E-state index in [1.54, 1.807) is 0 Å². The summed E-state index contributed by atoms with van der Waals surface area (Å²) < 4.78 is 54.1. The molecule has 2 aromatic rings. The molecule has 5 nitrogen and oxygen atoms in total. The Bertz CT molecular complexity index is 1020. The van der Waals surface area contributed by atoms with Crippen LogP contribution >= 0.6 is 11.6 Å². The fourth-order valence-corrected chi connectivity index (χ4v) is 5.72. The van der Waals surface area contributed by atoms with Gasteiger partial charge in [-0.25, -0.2) is 17.2 Å². The minimum Gasteiger partial charge on any atom is -0.322 e. The monoisotopic (exact) mass is 442 g/mol. The summed E-state index contributed by atoms with van der Waals surface area (Å²) in [7, 11) is -3.67. The minimum atomic E-state index is -3.67. The number of hydrogen-bond donors (Lipinski definition) is 1. The molecular weight excluding hydrogens is 422 g/mol. The second-order valence-electron chi connectivity index (χ2n) is 7.19. The Kier molecular flexibility index (Phi) is 6.26. The van der Waals surface area contributed by atoms with Gasteiger partial charge in [0.25, 0.3) is 5.91 Å². The molecule has 2 aromatic carbocycles. The van der Waals surface area contributed by atoms with E-state index in [4.69, 9.17) is 11.6 Å². The van der Waals surface area contributed by atoms with Crippen molar-refractivity contribution in [3.8, 4) is 0 Å². The first-order chi connectivity index (χ1) is 13.6. The van der Waals surface area contributed by atoms with Gasteiger partial charge in [-0.05, 0) is 63.1 Å². The summed E-state index contributed by atoms with van der Waals surface area (Å²) in [6.45, 7) is 3.79. The lowest BCUT2D eigenvalue weighted by Gasteiger charge is -2.37. The predicted octanol–water partition coefficient (Wildman–Crippen LogP) is 4.82. The average Bonchev–Trinajstić information content (AvgIpc) is 2.64. The second-order valence-corrected chi connectivity index (χ2v) is 9.44. The highest BCUT2D eigenvalue weighted by Gasteiger charge is 2.35. The number of sulfonamides is 1. The molecule has 0 aliphatic carbocycles. The lowest BCUT2D eigenvalue weighted by Crippen LogP contribution is -2.47. The highest BCUT2D eigenvalue weighted by molar-refractivity contribution is 7.89. The number of rotatable bonds is 4. The lowest BCUT2D eigenvalue weighted by atomic mass is 10.0. The van der Waals surface area contributed by atoms with Crippen molar-refractivity contribution in [2.24, 2.45) is 0 Å². The molecule has 156 valence electrons. The summed E-state index contributed by atoms with van der Waals surface area (Å²) in [6.07, 6.45) is 2.62. The molecule has 0 unspecified atom stereocenters. The topological polar surface area (TPSA) is 66.5 Å². The molecule has 1 aliphatic rings. The van der Waals surface area contributed by atoms with Gasteiger partial charge in [0.2, 0.25) is 10.0 Å². The third-order valence-electron chi connectivity index (χ3n) is 5.05. The summed E-state index contributed by atoms with van der Waals surface area (Å²) in [4.78, 5) is 12.4. The smallest absolute Gasteiger partial charge is 0.257 e. The number of benzene rings is 2. The van der Waals surface area contributed by atoms with Crippen molar-refractivity contribution in [3.05, 3.63) is 58.6 Å². The zero-order valence-electron chi connectivity index (χ0n) is 16.0. The van der Waals surface area contributed by atoms with E-state index in [-0.39, 0.29) is 27.6 Å². The molecule has 2 atom stereocenters. The van der Waals surface area contributed by atoms with E-state index >= 15 is 0 Å². The number of hydrogen-bond acceptors (Lipinski definition) is 3. The summed E-state index contributed by atoms with van der Waals surface area (Å²) in [6, 6.07) is 6.97. The van der Waals surface area contributed by atoms with Crippen LogP contribution in [0.1, 0.15) is 43.5 Å². The van der Waals surface area contributed by atoms with Crippen LogP contribution in [0.5, 0.6) is 0 Å². The lowest BCUT2D eigenvalue weighted by molar-refractivity contribution is 0.102. The Balaban J connectivity index is 1.80. The minimum absolute atomic E-state index is 0.0846. The molecule has 0 bridgehead atoms. The first-order valence-electron chi connectivity index (χ1n) is 9.20. The molecule has 0 spiro atoms. The van der Waals surface area contributed by atoms with Crippen molar-refractivity contribution in [1.82, 2.24) is 4.31 Å². The number of amides is 1. The van der Waals surface area contributed by atoms with Gasteiger partial charge >= 0.3 is 0 Å². The normalized spacial score (nSPS) is 20.4. The number of nitrogens with one attached hydrogen (secondary N) is 1. The van der Waals surface area contributed by atoms with E-state index in [0.717, 1.165) is 25.3 Å². The largest absolute Gasteiger partial charge is 0.322 e. The van der Waals surface area contributed by atoms with Crippen LogP contribution in [-0.2, 0) is 10.0 Å². The number of piperidine rings is 1. The van der Waals surface area contributed by atoms with E-state index in [0.29, 0.717) is 11.8 Å². The Hall–Kier alpha value is -2.03. The van der Waals surface area contributed by atoms with Gasteiger partial charge < -0.3 is 5.32 Å². The molecule has 1 fully saturated rings. The molecule has 0 radical (unpaired) electrons. The maximum atomic E-state index is 13.4. The van der Waals surface area contributed by atoms with Crippen molar-refractivity contribution in [3.63, 3.8) is 0 Å². The molecule has 3 rings (SSSR count). The van der Waals surface area contributed by atoms with Gasteiger partial charge in [-0.3, -0.25) is 4.79 Å². The molecule has 1 saturated heterocycles. The van der Waals surface area contributed by atoms with E-state index < -0.39 is 27.6 Å². The fraction of sp³-hybridized carbons (Fsp3) is 0.350. The fourth-order valence-electron chi connectivity index (χ4n) is 3.60. The Labute approximate surface area is 173 Å². The number of anilines is 1. The van der Waals surface area contributed by atoms with Gasteiger partial charge in [-0.2, -0.15) is 4.31 Å². The summed E-state index contributed by atoms with van der Waals surface area (Å²) >= 11 is 5.81. The van der Waals surface area contributed by atoms with Crippen molar-refractivity contribution < 1.29 is 22.0 Å². The average molecular weight is 443 g/mol. The van der Waals surface area contributed by atoms with Crippen molar-refractivity contribution >= 4 is 33.2 Å².